The van der Waals surface area contributed by atoms with Crippen LogP contribution in [0.3, 0.4) is 0 Å². The van der Waals surface area contributed by atoms with Gasteiger partial charge < -0.3 is 9.88 Å². The van der Waals surface area contributed by atoms with Crippen LogP contribution in [0.5, 0.6) is 0 Å². The van der Waals surface area contributed by atoms with Gasteiger partial charge in [-0.25, -0.2) is 9.07 Å². The van der Waals surface area contributed by atoms with Crippen molar-refractivity contribution in [3.05, 3.63) is 88.8 Å². The van der Waals surface area contributed by atoms with E-state index in [1.807, 2.05) is 45.9 Å². The summed E-state index contributed by atoms with van der Waals surface area (Å²) in [6, 6.07) is 11.7. The van der Waals surface area contributed by atoms with Gasteiger partial charge in [0.25, 0.3) is 5.91 Å². The summed E-state index contributed by atoms with van der Waals surface area (Å²) in [5, 5.41) is 11.2. The molecule has 0 saturated carbocycles. The lowest BCUT2D eigenvalue weighted by atomic mass is 10.2. The predicted molar refractivity (Wildman–Crippen MR) is 98.3 cm³/mol. The molecule has 5 nitrogen and oxygen atoms in total. The third kappa shape index (κ3) is 3.16. The number of benzene rings is 1. The first-order valence-corrected chi connectivity index (χ1v) is 8.93. The maximum Gasteiger partial charge on any atom is 0.256 e. The number of thiophene rings is 1. The summed E-state index contributed by atoms with van der Waals surface area (Å²) in [4.78, 5) is 12.7. The zero-order chi connectivity index (χ0) is 17.9. The summed E-state index contributed by atoms with van der Waals surface area (Å²) in [6.45, 7) is 0.454. The van der Waals surface area contributed by atoms with Crippen LogP contribution in [0.25, 0.3) is 11.5 Å². The van der Waals surface area contributed by atoms with Crippen LogP contribution in [0.4, 0.5) is 4.39 Å². The molecule has 0 aliphatic carbocycles. The molecule has 4 rings (SSSR count). The van der Waals surface area contributed by atoms with Crippen LogP contribution in [-0.4, -0.2) is 20.3 Å². The lowest BCUT2D eigenvalue weighted by molar-refractivity contribution is 0.0951. The number of nitrogens with zero attached hydrogens (tertiary/aromatic N) is 3. The van der Waals surface area contributed by atoms with Gasteiger partial charge in [0.15, 0.2) is 5.82 Å². The van der Waals surface area contributed by atoms with Gasteiger partial charge in [-0.05, 0) is 58.8 Å². The summed E-state index contributed by atoms with van der Waals surface area (Å²) in [5.74, 6) is 0.0647. The molecule has 1 amide bonds. The number of rotatable bonds is 5. The highest BCUT2D eigenvalue weighted by molar-refractivity contribution is 7.07. The van der Waals surface area contributed by atoms with Gasteiger partial charge in [0.05, 0.1) is 11.9 Å². The number of hydrogen-bond donors (Lipinski definition) is 1. The average Bonchev–Trinajstić information content (AvgIpc) is 3.40. The van der Waals surface area contributed by atoms with E-state index in [-0.39, 0.29) is 11.7 Å². The average molecular weight is 366 g/mol. The van der Waals surface area contributed by atoms with Gasteiger partial charge in [0, 0.05) is 18.9 Å². The number of aromatic nitrogens is 3. The Balaban J connectivity index is 1.70. The van der Waals surface area contributed by atoms with E-state index in [9.17, 15) is 9.18 Å². The molecule has 1 aromatic carbocycles. The highest BCUT2D eigenvalue weighted by atomic mass is 32.1. The smallest absolute Gasteiger partial charge is 0.256 e. The Labute approximate surface area is 153 Å². The topological polar surface area (TPSA) is 51.9 Å². The van der Waals surface area contributed by atoms with Crippen molar-refractivity contribution in [1.29, 1.82) is 0 Å². The highest BCUT2D eigenvalue weighted by Crippen LogP contribution is 2.20. The van der Waals surface area contributed by atoms with Crippen LogP contribution in [0.1, 0.15) is 15.9 Å². The molecule has 0 aliphatic rings. The fourth-order valence-corrected chi connectivity index (χ4v) is 3.34. The molecule has 130 valence electrons. The van der Waals surface area contributed by atoms with Crippen molar-refractivity contribution in [3.63, 3.8) is 0 Å². The first kappa shape index (κ1) is 16.3. The lowest BCUT2D eigenvalue weighted by Gasteiger charge is -2.11. The maximum absolute atomic E-state index is 13.2. The van der Waals surface area contributed by atoms with E-state index in [1.54, 1.807) is 28.2 Å². The second-order valence-electron chi connectivity index (χ2n) is 5.67. The van der Waals surface area contributed by atoms with Crippen LogP contribution in [0.15, 0.2) is 71.8 Å². The quantitative estimate of drug-likeness (QED) is 0.584. The largest absolute Gasteiger partial charge is 0.348 e. The van der Waals surface area contributed by atoms with E-state index in [4.69, 9.17) is 0 Å². The van der Waals surface area contributed by atoms with Crippen molar-refractivity contribution in [1.82, 2.24) is 19.7 Å². The van der Waals surface area contributed by atoms with Gasteiger partial charge in [-0.1, -0.05) is 0 Å². The normalized spacial score (nSPS) is 10.8. The Morgan fingerprint density at radius 1 is 1.15 bits per heavy atom. The summed E-state index contributed by atoms with van der Waals surface area (Å²) >= 11 is 1.59. The van der Waals surface area contributed by atoms with Gasteiger partial charge in [0.1, 0.15) is 11.4 Å². The third-order valence-corrected chi connectivity index (χ3v) is 4.67. The minimum atomic E-state index is -0.322. The van der Waals surface area contributed by atoms with Gasteiger partial charge >= 0.3 is 0 Å². The maximum atomic E-state index is 13.2. The lowest BCUT2D eigenvalue weighted by Crippen LogP contribution is -2.23. The summed E-state index contributed by atoms with van der Waals surface area (Å²) in [7, 11) is 0. The van der Waals surface area contributed by atoms with Crippen molar-refractivity contribution < 1.29 is 9.18 Å². The van der Waals surface area contributed by atoms with Gasteiger partial charge in [-0.2, -0.15) is 16.4 Å². The molecule has 7 heteroatoms. The molecule has 0 unspecified atom stereocenters. The van der Waals surface area contributed by atoms with E-state index < -0.39 is 0 Å². The zero-order valence-electron chi connectivity index (χ0n) is 13.7. The molecule has 0 atom stereocenters. The van der Waals surface area contributed by atoms with Crippen LogP contribution in [-0.2, 0) is 6.54 Å². The zero-order valence-corrected chi connectivity index (χ0v) is 14.5. The standard InChI is InChI=1S/C19H15FN4OS/c20-15-3-5-16(6-4-15)24-19(23-8-1-2-9-23)17(12-22-24)18(25)21-11-14-7-10-26-13-14/h1-10,12-13H,11H2,(H,21,25). The van der Waals surface area contributed by atoms with Gasteiger partial charge in [0.2, 0.25) is 0 Å². The Hall–Kier alpha value is -3.19. The molecule has 1 N–H and O–H groups in total. The van der Waals surface area contributed by atoms with Crippen molar-refractivity contribution in [2.75, 3.05) is 0 Å². The molecule has 0 aliphatic heterocycles. The van der Waals surface area contributed by atoms with Gasteiger partial charge in [-0.15, -0.1) is 0 Å². The third-order valence-electron chi connectivity index (χ3n) is 3.94. The van der Waals surface area contributed by atoms with E-state index in [0.717, 1.165) is 5.56 Å². The number of hydrogen-bond acceptors (Lipinski definition) is 3. The van der Waals surface area contributed by atoms with Crippen LogP contribution >= 0.6 is 11.3 Å². The second kappa shape index (κ2) is 6.97. The van der Waals surface area contributed by atoms with Crippen LogP contribution in [0, 0.1) is 5.82 Å². The van der Waals surface area contributed by atoms with E-state index in [2.05, 4.69) is 10.4 Å². The first-order chi connectivity index (χ1) is 12.7. The van der Waals surface area contributed by atoms with Gasteiger partial charge in [-0.3, -0.25) is 4.79 Å². The molecular formula is C19H15FN4OS. The predicted octanol–water partition coefficient (Wildman–Crippen LogP) is 3.79. The number of carbonyl (C=O) groups is 1. The minimum Gasteiger partial charge on any atom is -0.348 e. The molecule has 0 bridgehead atoms. The van der Waals surface area contributed by atoms with E-state index >= 15 is 0 Å². The van der Waals surface area contributed by atoms with Crippen molar-refractivity contribution in [2.45, 2.75) is 6.54 Å². The second-order valence-corrected chi connectivity index (χ2v) is 6.45. The molecule has 3 heterocycles. The van der Waals surface area contributed by atoms with Crippen molar-refractivity contribution in [2.24, 2.45) is 0 Å². The molecule has 0 radical (unpaired) electrons. The first-order valence-electron chi connectivity index (χ1n) is 7.99. The number of amides is 1. The van der Waals surface area contributed by atoms with Crippen LogP contribution in [0.2, 0.25) is 0 Å². The number of carbonyl (C=O) groups excluding carboxylic acids is 1. The molecule has 3 aromatic heterocycles. The van der Waals surface area contributed by atoms with E-state index in [0.29, 0.717) is 23.6 Å². The summed E-state index contributed by atoms with van der Waals surface area (Å²) < 4.78 is 16.7. The Kier molecular flexibility index (Phi) is 4.37. The Bertz CT molecular complexity index is 1000. The fourth-order valence-electron chi connectivity index (χ4n) is 2.67. The molecule has 0 saturated heterocycles. The number of nitrogens with one attached hydrogen (secondary N) is 1. The monoisotopic (exact) mass is 366 g/mol. The summed E-state index contributed by atoms with van der Waals surface area (Å²) in [6.07, 6.45) is 5.21. The molecule has 4 aromatic rings. The van der Waals surface area contributed by atoms with Crippen molar-refractivity contribution >= 4 is 17.2 Å². The fraction of sp³-hybridized carbons (Fsp3) is 0.0526. The Morgan fingerprint density at radius 3 is 2.62 bits per heavy atom. The number of halogens is 1. The highest BCUT2D eigenvalue weighted by Gasteiger charge is 2.19. The molecule has 0 spiro atoms. The SMILES string of the molecule is O=C(NCc1ccsc1)c1cnn(-c2ccc(F)cc2)c1-n1cccc1. The molecular weight excluding hydrogens is 351 g/mol. The molecule has 0 fully saturated rings. The van der Waals surface area contributed by atoms with E-state index in [1.165, 1.54) is 18.3 Å². The Morgan fingerprint density at radius 2 is 1.92 bits per heavy atom. The summed E-state index contributed by atoms with van der Waals surface area (Å²) in [5.41, 5.74) is 2.17. The molecule has 26 heavy (non-hydrogen) atoms. The van der Waals surface area contributed by atoms with Crippen LogP contribution < -0.4 is 5.32 Å². The minimum absolute atomic E-state index is 0.215. The van der Waals surface area contributed by atoms with Crippen molar-refractivity contribution in [3.8, 4) is 11.5 Å².